The van der Waals surface area contributed by atoms with Gasteiger partial charge < -0.3 is 5.11 Å². The van der Waals surface area contributed by atoms with E-state index in [4.69, 9.17) is 0 Å². The molecule has 0 N–H and O–H groups in total. The molecular weight excluding hydrogens is 221 g/mol. The minimum atomic E-state index is -0.216. The van der Waals surface area contributed by atoms with Crippen LogP contribution in [0.1, 0.15) is 32.8 Å². The Balaban J connectivity index is 0.00000162. The van der Waals surface area contributed by atoms with E-state index in [-0.39, 0.29) is 42.5 Å². The van der Waals surface area contributed by atoms with Gasteiger partial charge in [-0.3, -0.25) is 9.69 Å². The second-order valence-corrected chi connectivity index (χ2v) is 5.24. The number of anilines is 1. The van der Waals surface area contributed by atoms with Gasteiger partial charge in [0, 0.05) is 6.42 Å². The van der Waals surface area contributed by atoms with Crippen LogP contribution in [0.25, 0.3) is 0 Å². The summed E-state index contributed by atoms with van der Waals surface area (Å²) in [6, 6.07) is 7.58. The molecule has 1 aromatic carbocycles. The zero-order valence-electron chi connectivity index (χ0n) is 11.4. The van der Waals surface area contributed by atoms with Crippen LogP contribution in [0.3, 0.4) is 0 Å². The second-order valence-electron chi connectivity index (χ2n) is 5.24. The van der Waals surface area contributed by atoms with Gasteiger partial charge in [0.15, 0.2) is 0 Å². The molecule has 0 atom stereocenters. The first-order chi connectivity index (χ1) is 7.91. The minimum absolute atomic E-state index is 0. The zero-order valence-corrected chi connectivity index (χ0v) is 11.4. The molecule has 0 aliphatic carbocycles. The molecule has 1 heterocycles. The van der Waals surface area contributed by atoms with Crippen molar-refractivity contribution in [3.05, 3.63) is 41.8 Å². The Morgan fingerprint density at radius 1 is 1.22 bits per heavy atom. The van der Waals surface area contributed by atoms with E-state index >= 15 is 0 Å². The summed E-state index contributed by atoms with van der Waals surface area (Å²) in [5.41, 5.74) is 1.63. The van der Waals surface area contributed by atoms with Gasteiger partial charge in [-0.2, -0.15) is 0 Å². The summed E-state index contributed by atoms with van der Waals surface area (Å²) in [7, 11) is 0. The molecule has 0 fully saturated rings. The predicted octanol–water partition coefficient (Wildman–Crippen LogP) is -1.07. The van der Waals surface area contributed by atoms with Gasteiger partial charge in [0.2, 0.25) is 5.91 Å². The zero-order chi connectivity index (χ0) is 12.6. The van der Waals surface area contributed by atoms with Gasteiger partial charge in [-0.05, 0) is 22.9 Å². The van der Waals surface area contributed by atoms with Crippen LogP contribution in [-0.2, 0) is 10.2 Å². The first kappa shape index (κ1) is 14.9. The third-order valence-corrected chi connectivity index (χ3v) is 2.87. The number of amides is 1. The number of hydrogen-bond acceptors (Lipinski definition) is 2. The van der Waals surface area contributed by atoms with Crippen LogP contribution < -0.4 is 28.9 Å². The monoisotopic (exact) mass is 237 g/mol. The molecule has 1 amide bonds. The Labute approximate surface area is 120 Å². The van der Waals surface area contributed by atoms with E-state index in [0.29, 0.717) is 5.69 Å². The maximum atomic E-state index is 11.7. The topological polar surface area (TPSA) is 43.4 Å². The number of carbonyl (C=O) groups excluding carboxylic acids is 1. The molecule has 18 heavy (non-hydrogen) atoms. The molecule has 0 spiro atoms. The van der Waals surface area contributed by atoms with Gasteiger partial charge in [0.25, 0.3) is 0 Å². The number of carbonyl (C=O) groups is 1. The van der Waals surface area contributed by atoms with Crippen molar-refractivity contribution in [1.29, 1.82) is 0 Å². The maximum absolute atomic E-state index is 11.7. The van der Waals surface area contributed by atoms with Gasteiger partial charge in [-0.25, -0.2) is 0 Å². The van der Waals surface area contributed by atoms with Gasteiger partial charge in [-0.15, -0.1) is 0 Å². The molecule has 0 saturated carbocycles. The fourth-order valence-electron chi connectivity index (χ4n) is 2.04. The molecule has 0 radical (unpaired) electrons. The Bertz CT molecular complexity index is 489. The molecule has 4 heteroatoms. The molecule has 1 aliphatic rings. The Kier molecular flexibility index (Phi) is 4.31. The number of benzene rings is 1. The Morgan fingerprint density at radius 3 is 2.33 bits per heavy atom. The van der Waals surface area contributed by atoms with Crippen molar-refractivity contribution in [2.45, 2.75) is 32.6 Å². The fourth-order valence-corrected chi connectivity index (χ4v) is 2.04. The van der Waals surface area contributed by atoms with Crippen LogP contribution in [0.5, 0.6) is 0 Å². The Morgan fingerprint density at radius 2 is 1.83 bits per heavy atom. The van der Waals surface area contributed by atoms with Gasteiger partial charge >= 0.3 is 18.9 Å². The van der Waals surface area contributed by atoms with Crippen LogP contribution in [0, 0.1) is 0 Å². The minimum Gasteiger partial charge on any atom is -0.860 e. The van der Waals surface area contributed by atoms with Gasteiger partial charge in [0.1, 0.15) is 0 Å². The van der Waals surface area contributed by atoms with E-state index < -0.39 is 0 Å². The number of nitrogens with zero attached hydrogens (tertiary/aromatic N) is 1. The van der Waals surface area contributed by atoms with E-state index in [2.05, 4.69) is 20.8 Å². The summed E-state index contributed by atoms with van der Waals surface area (Å²) >= 11 is 0. The molecule has 3 nitrogen and oxygen atoms in total. The molecule has 90 valence electrons. The van der Waals surface area contributed by atoms with Crippen molar-refractivity contribution in [1.82, 2.24) is 0 Å². The number of para-hydroxylation sites is 1. The number of rotatable bonds is 1. The molecule has 1 aromatic rings. The third-order valence-electron chi connectivity index (χ3n) is 2.87. The van der Waals surface area contributed by atoms with Crippen molar-refractivity contribution in [2.75, 3.05) is 4.90 Å². The first-order valence-electron chi connectivity index (χ1n) is 5.71. The summed E-state index contributed by atoms with van der Waals surface area (Å²) in [6.45, 7) is 6.21. The average molecular weight is 237 g/mol. The largest absolute Gasteiger partial charge is 1.00 e. The molecule has 0 saturated heterocycles. The summed E-state index contributed by atoms with van der Waals surface area (Å²) in [5.74, 6) is -0.363. The maximum Gasteiger partial charge on any atom is 1.00 e. The summed E-state index contributed by atoms with van der Waals surface area (Å²) < 4.78 is 0. The normalized spacial score (nSPS) is 15.4. The SMILES string of the molecule is CC(C)(C)c1ccccc1N1C(=O)CC=C1[O-].[Li+]. The van der Waals surface area contributed by atoms with Crippen molar-refractivity contribution in [2.24, 2.45) is 0 Å². The molecule has 0 unspecified atom stereocenters. The van der Waals surface area contributed by atoms with Crippen LogP contribution in [-0.4, -0.2) is 5.91 Å². The summed E-state index contributed by atoms with van der Waals surface area (Å²) in [6.07, 6.45) is 1.64. The van der Waals surface area contributed by atoms with Crippen molar-refractivity contribution in [3.8, 4) is 0 Å². The van der Waals surface area contributed by atoms with Gasteiger partial charge in [0.05, 0.1) is 5.69 Å². The molecule has 0 bridgehead atoms. The summed E-state index contributed by atoms with van der Waals surface area (Å²) in [4.78, 5) is 13.0. The van der Waals surface area contributed by atoms with Crippen LogP contribution in [0.2, 0.25) is 0 Å². The molecule has 0 aromatic heterocycles. The van der Waals surface area contributed by atoms with Crippen LogP contribution in [0.4, 0.5) is 5.69 Å². The number of hydrogen-bond donors (Lipinski definition) is 0. The van der Waals surface area contributed by atoms with Gasteiger partial charge in [-0.1, -0.05) is 45.0 Å². The standard InChI is InChI=1S/C14H17NO2.Li/c1-14(2,3)10-6-4-5-7-11(10)15-12(16)8-9-13(15)17;/h4-8,16H,9H2,1-3H3;/q;+1/p-1. The fraction of sp³-hybridized carbons (Fsp3) is 0.357. The van der Waals surface area contributed by atoms with Crippen LogP contribution >= 0.6 is 0 Å². The van der Waals surface area contributed by atoms with E-state index in [1.54, 1.807) is 0 Å². The van der Waals surface area contributed by atoms with Crippen molar-refractivity contribution >= 4 is 11.6 Å². The molecular formula is C14H16LiNO2. The second kappa shape index (κ2) is 5.22. The molecule has 1 aliphatic heterocycles. The predicted molar refractivity (Wildman–Crippen MR) is 65.3 cm³/mol. The Hall–Kier alpha value is -1.17. The van der Waals surface area contributed by atoms with Crippen LogP contribution in [0.15, 0.2) is 36.2 Å². The average Bonchev–Trinajstić information content (AvgIpc) is 2.57. The first-order valence-corrected chi connectivity index (χ1v) is 5.71. The summed E-state index contributed by atoms with van der Waals surface area (Å²) in [5, 5.41) is 11.7. The smallest absolute Gasteiger partial charge is 0.860 e. The van der Waals surface area contributed by atoms with Crippen molar-refractivity contribution in [3.63, 3.8) is 0 Å². The third kappa shape index (κ3) is 2.63. The van der Waals surface area contributed by atoms with E-state index in [1.807, 2.05) is 24.3 Å². The van der Waals surface area contributed by atoms with E-state index in [1.165, 1.54) is 11.0 Å². The van der Waals surface area contributed by atoms with Crippen molar-refractivity contribution < 1.29 is 28.8 Å². The van der Waals surface area contributed by atoms with E-state index in [0.717, 1.165) is 5.56 Å². The quantitative estimate of drug-likeness (QED) is 0.584. The van der Waals surface area contributed by atoms with E-state index in [9.17, 15) is 9.90 Å². The molecule has 2 rings (SSSR count).